The molecule has 5 nitrogen and oxygen atoms in total. The van der Waals surface area contributed by atoms with Gasteiger partial charge < -0.3 is 10.1 Å². The van der Waals surface area contributed by atoms with E-state index in [1.54, 1.807) is 31.2 Å². The van der Waals surface area contributed by atoms with Crippen molar-refractivity contribution in [1.82, 2.24) is 10.2 Å². The van der Waals surface area contributed by atoms with E-state index in [1.165, 1.54) is 24.3 Å². The number of hydrogen-bond acceptors (Lipinski definition) is 3. The quantitative estimate of drug-likeness (QED) is 0.782. The van der Waals surface area contributed by atoms with Gasteiger partial charge >= 0.3 is 6.03 Å². The van der Waals surface area contributed by atoms with E-state index in [1.807, 2.05) is 0 Å². The summed E-state index contributed by atoms with van der Waals surface area (Å²) in [6, 6.07) is 12.1. The normalized spacial score (nSPS) is 19.6. The molecular weight excluding hydrogens is 359 g/mol. The van der Waals surface area contributed by atoms with E-state index >= 15 is 0 Å². The molecule has 7 heteroatoms. The third-order valence-corrected chi connectivity index (χ3v) is 4.76. The molecule has 3 rings (SSSR count). The molecule has 0 radical (unpaired) electrons. The number of para-hydroxylation sites is 1. The summed E-state index contributed by atoms with van der Waals surface area (Å²) in [4.78, 5) is 26.4. The Morgan fingerprint density at radius 3 is 2.50 bits per heavy atom. The molecule has 0 bridgehead atoms. The van der Waals surface area contributed by atoms with Crippen LogP contribution in [0.4, 0.5) is 9.18 Å². The maximum absolute atomic E-state index is 13.2. The first-order chi connectivity index (χ1) is 12.5. The second kappa shape index (κ2) is 7.33. The van der Waals surface area contributed by atoms with Gasteiger partial charge in [-0.3, -0.25) is 9.69 Å². The number of urea groups is 1. The van der Waals surface area contributed by atoms with Crippen LogP contribution in [0, 0.1) is 5.82 Å². The van der Waals surface area contributed by atoms with Gasteiger partial charge in [-0.2, -0.15) is 0 Å². The van der Waals surface area contributed by atoms with Crippen molar-refractivity contribution in [2.45, 2.75) is 18.9 Å². The van der Waals surface area contributed by atoms with Crippen LogP contribution < -0.4 is 10.1 Å². The molecule has 0 spiro atoms. The predicted octanol–water partition coefficient (Wildman–Crippen LogP) is 3.72. The fourth-order valence-electron chi connectivity index (χ4n) is 3.01. The second-order valence-corrected chi connectivity index (χ2v) is 6.34. The monoisotopic (exact) mass is 376 g/mol. The summed E-state index contributed by atoms with van der Waals surface area (Å²) in [6.07, 6.45) is 0.352. The lowest BCUT2D eigenvalue weighted by Gasteiger charge is -2.25. The van der Waals surface area contributed by atoms with Crippen LogP contribution in [-0.2, 0) is 10.3 Å². The highest BCUT2D eigenvalue weighted by molar-refractivity contribution is 6.32. The van der Waals surface area contributed by atoms with Crippen molar-refractivity contribution in [3.05, 3.63) is 64.9 Å². The molecule has 0 unspecified atom stereocenters. The molecular formula is C19H18ClFN2O3. The van der Waals surface area contributed by atoms with Crippen molar-refractivity contribution in [2.24, 2.45) is 0 Å². The van der Waals surface area contributed by atoms with Gasteiger partial charge in [0.25, 0.3) is 5.91 Å². The molecule has 2 aromatic carbocycles. The van der Waals surface area contributed by atoms with Gasteiger partial charge in [0.2, 0.25) is 0 Å². The molecule has 1 aliphatic rings. The summed E-state index contributed by atoms with van der Waals surface area (Å²) in [5.74, 6) is -0.289. The summed E-state index contributed by atoms with van der Waals surface area (Å²) < 4.78 is 18.8. The van der Waals surface area contributed by atoms with E-state index in [2.05, 4.69) is 5.32 Å². The minimum atomic E-state index is -1.19. The standard InChI is InChI=1S/C19H18ClFN2O3/c1-2-19(13-7-9-14(21)10-8-13)17(24)23(18(25)22-19)11-12-26-16-6-4-3-5-15(16)20/h3-10H,2,11-12H2,1H3,(H,22,25)/t19-/m1/s1. The molecule has 1 aliphatic heterocycles. The van der Waals surface area contributed by atoms with Crippen LogP contribution in [0.2, 0.25) is 5.02 Å². The van der Waals surface area contributed by atoms with Gasteiger partial charge in [-0.05, 0) is 36.2 Å². The first kappa shape index (κ1) is 18.2. The Bertz CT molecular complexity index is 828. The van der Waals surface area contributed by atoms with Crippen LogP contribution >= 0.6 is 11.6 Å². The van der Waals surface area contributed by atoms with Crippen molar-refractivity contribution in [3.8, 4) is 5.75 Å². The van der Waals surface area contributed by atoms with Crippen LogP contribution in [0.1, 0.15) is 18.9 Å². The number of nitrogens with one attached hydrogen (secondary N) is 1. The third-order valence-electron chi connectivity index (χ3n) is 4.45. The predicted molar refractivity (Wildman–Crippen MR) is 95.6 cm³/mol. The van der Waals surface area contributed by atoms with Gasteiger partial charge in [0.15, 0.2) is 0 Å². The van der Waals surface area contributed by atoms with E-state index in [4.69, 9.17) is 16.3 Å². The maximum Gasteiger partial charge on any atom is 0.325 e. The van der Waals surface area contributed by atoms with Gasteiger partial charge in [-0.1, -0.05) is 42.8 Å². The molecule has 1 saturated heterocycles. The van der Waals surface area contributed by atoms with E-state index in [0.717, 1.165) is 4.90 Å². The number of nitrogens with zero attached hydrogens (tertiary/aromatic N) is 1. The van der Waals surface area contributed by atoms with Crippen molar-refractivity contribution in [3.63, 3.8) is 0 Å². The first-order valence-electron chi connectivity index (χ1n) is 8.25. The molecule has 136 valence electrons. The molecule has 1 N–H and O–H groups in total. The number of amides is 3. The number of rotatable bonds is 6. The largest absolute Gasteiger partial charge is 0.490 e. The third kappa shape index (κ3) is 3.24. The fourth-order valence-corrected chi connectivity index (χ4v) is 3.20. The number of imide groups is 1. The minimum Gasteiger partial charge on any atom is -0.490 e. The van der Waals surface area contributed by atoms with Crippen molar-refractivity contribution in [2.75, 3.05) is 13.2 Å². The average molecular weight is 377 g/mol. The Morgan fingerprint density at radius 2 is 1.85 bits per heavy atom. The molecule has 1 fully saturated rings. The fraction of sp³-hybridized carbons (Fsp3) is 0.263. The van der Waals surface area contributed by atoms with Gasteiger partial charge in [-0.25, -0.2) is 9.18 Å². The zero-order valence-electron chi connectivity index (χ0n) is 14.2. The van der Waals surface area contributed by atoms with Gasteiger partial charge in [-0.15, -0.1) is 0 Å². The summed E-state index contributed by atoms with van der Waals surface area (Å²) in [7, 11) is 0. The topological polar surface area (TPSA) is 58.6 Å². The first-order valence-corrected chi connectivity index (χ1v) is 8.63. The lowest BCUT2D eigenvalue weighted by Crippen LogP contribution is -2.43. The van der Waals surface area contributed by atoms with Gasteiger partial charge in [0.05, 0.1) is 11.6 Å². The van der Waals surface area contributed by atoms with Gasteiger partial charge in [0.1, 0.15) is 23.7 Å². The Kier molecular flexibility index (Phi) is 5.13. The number of halogens is 2. The Balaban J connectivity index is 1.73. The van der Waals surface area contributed by atoms with E-state index < -0.39 is 17.4 Å². The molecule has 0 saturated carbocycles. The molecule has 0 aliphatic carbocycles. The zero-order valence-corrected chi connectivity index (χ0v) is 14.9. The SMILES string of the molecule is CC[C@]1(c2ccc(F)cc2)NC(=O)N(CCOc2ccccc2Cl)C1=O. The highest BCUT2D eigenvalue weighted by atomic mass is 35.5. The molecule has 1 heterocycles. The number of ether oxygens (including phenoxy) is 1. The Morgan fingerprint density at radius 1 is 1.15 bits per heavy atom. The van der Waals surface area contributed by atoms with Crippen molar-refractivity contribution in [1.29, 1.82) is 0 Å². The summed E-state index contributed by atoms with van der Waals surface area (Å²) >= 11 is 6.02. The van der Waals surface area contributed by atoms with Crippen LogP contribution in [-0.4, -0.2) is 30.0 Å². The Labute approximate surface area is 155 Å². The van der Waals surface area contributed by atoms with E-state index in [-0.39, 0.29) is 19.1 Å². The Hall–Kier alpha value is -2.60. The number of hydrogen-bond donors (Lipinski definition) is 1. The maximum atomic E-state index is 13.2. The highest BCUT2D eigenvalue weighted by Crippen LogP contribution is 2.32. The minimum absolute atomic E-state index is 0.0822. The van der Waals surface area contributed by atoms with Crippen LogP contribution in [0.3, 0.4) is 0 Å². The summed E-state index contributed by atoms with van der Waals surface area (Å²) in [5.41, 5.74) is -0.635. The average Bonchev–Trinajstić information content (AvgIpc) is 2.89. The molecule has 2 aromatic rings. The van der Waals surface area contributed by atoms with Crippen molar-refractivity contribution >= 4 is 23.5 Å². The zero-order chi connectivity index (χ0) is 18.7. The van der Waals surface area contributed by atoms with Gasteiger partial charge in [0, 0.05) is 0 Å². The summed E-state index contributed by atoms with van der Waals surface area (Å²) in [6.45, 7) is 2.00. The molecule has 26 heavy (non-hydrogen) atoms. The van der Waals surface area contributed by atoms with Crippen LogP contribution in [0.25, 0.3) is 0 Å². The number of benzene rings is 2. The lowest BCUT2D eigenvalue weighted by atomic mass is 9.87. The molecule has 1 atom stereocenters. The lowest BCUT2D eigenvalue weighted by molar-refractivity contribution is -0.132. The number of carbonyl (C=O) groups excluding carboxylic acids is 2. The summed E-state index contributed by atoms with van der Waals surface area (Å²) in [5, 5.41) is 3.20. The smallest absolute Gasteiger partial charge is 0.325 e. The van der Waals surface area contributed by atoms with E-state index in [9.17, 15) is 14.0 Å². The van der Waals surface area contributed by atoms with Crippen molar-refractivity contribution < 1.29 is 18.7 Å². The number of carbonyl (C=O) groups is 2. The highest BCUT2D eigenvalue weighted by Gasteiger charge is 2.51. The van der Waals surface area contributed by atoms with E-state index in [0.29, 0.717) is 22.8 Å². The van der Waals surface area contributed by atoms with Crippen LogP contribution in [0.15, 0.2) is 48.5 Å². The molecule has 0 aromatic heterocycles. The van der Waals surface area contributed by atoms with Crippen LogP contribution in [0.5, 0.6) is 5.75 Å². The second-order valence-electron chi connectivity index (χ2n) is 5.93. The molecule has 3 amide bonds.